The van der Waals surface area contributed by atoms with Gasteiger partial charge in [-0.05, 0) is 55.8 Å². The van der Waals surface area contributed by atoms with Crippen molar-refractivity contribution in [3.8, 4) is 0 Å². The molecule has 1 fully saturated rings. The minimum Gasteiger partial charge on any atom is -0.342 e. The number of imidazole rings is 1. The molecule has 0 saturated carbocycles. The number of aromatic nitrogens is 2. The van der Waals surface area contributed by atoms with Crippen LogP contribution in [0, 0.1) is 0 Å². The number of fused-ring (bicyclic) bond motifs is 1. The lowest BCUT2D eigenvalue weighted by molar-refractivity contribution is 0.202. The average Bonchev–Trinajstić information content (AvgIpc) is 3.02. The molecule has 1 aliphatic heterocycles. The van der Waals surface area contributed by atoms with E-state index >= 15 is 0 Å². The molecule has 2 aromatic carbocycles. The van der Waals surface area contributed by atoms with Crippen LogP contribution in [0.25, 0.3) is 11.0 Å². The Balaban J connectivity index is 1.39. The normalized spacial score (nSPS) is 16.9. The first-order valence-electron chi connectivity index (χ1n) is 8.19. The summed E-state index contributed by atoms with van der Waals surface area (Å²) in [6, 6.07) is 16.9. The zero-order valence-electron chi connectivity index (χ0n) is 13.0. The van der Waals surface area contributed by atoms with Gasteiger partial charge in [0.05, 0.1) is 11.0 Å². The summed E-state index contributed by atoms with van der Waals surface area (Å²) in [7, 11) is 0. The molecule has 0 atom stereocenters. The predicted molar refractivity (Wildman–Crippen MR) is 97.5 cm³/mol. The van der Waals surface area contributed by atoms with E-state index in [1.807, 2.05) is 6.07 Å². The topological polar surface area (TPSA) is 31.9 Å². The van der Waals surface area contributed by atoms with Crippen LogP contribution in [0.5, 0.6) is 0 Å². The minimum atomic E-state index is 0.559. The number of nitrogens with zero attached hydrogens (tertiary/aromatic N) is 2. The van der Waals surface area contributed by atoms with E-state index in [4.69, 9.17) is 4.98 Å². The first-order valence-corrected chi connectivity index (χ1v) is 8.99. The molecule has 3 aromatic rings. The molecule has 4 rings (SSSR count). The fraction of sp³-hybridized carbons (Fsp3) is 0.316. The molecular formula is C19H20BrN3. The highest BCUT2D eigenvalue weighted by molar-refractivity contribution is 9.10. The Morgan fingerprint density at radius 1 is 1.04 bits per heavy atom. The molecule has 0 bridgehead atoms. The van der Waals surface area contributed by atoms with Crippen LogP contribution in [0.3, 0.4) is 0 Å². The van der Waals surface area contributed by atoms with E-state index in [-0.39, 0.29) is 0 Å². The molecular weight excluding hydrogens is 350 g/mol. The van der Waals surface area contributed by atoms with E-state index in [9.17, 15) is 0 Å². The van der Waals surface area contributed by atoms with Gasteiger partial charge in [0, 0.05) is 16.9 Å². The molecule has 0 radical (unpaired) electrons. The Morgan fingerprint density at radius 3 is 2.52 bits per heavy atom. The number of likely N-dealkylation sites (tertiary alicyclic amines) is 1. The number of nitrogens with one attached hydrogen (secondary N) is 1. The highest BCUT2D eigenvalue weighted by Crippen LogP contribution is 2.28. The van der Waals surface area contributed by atoms with Gasteiger partial charge in [-0.25, -0.2) is 4.98 Å². The lowest BCUT2D eigenvalue weighted by atomic mass is 9.96. The SMILES string of the molecule is Brc1ccc(CN2CCC(c3nc4ccccc4[nH]3)CC2)cc1. The maximum absolute atomic E-state index is 4.78. The molecule has 1 aromatic heterocycles. The zero-order chi connectivity index (χ0) is 15.6. The van der Waals surface area contributed by atoms with Crippen molar-refractivity contribution in [2.45, 2.75) is 25.3 Å². The first kappa shape index (κ1) is 14.9. The zero-order valence-corrected chi connectivity index (χ0v) is 14.6. The monoisotopic (exact) mass is 369 g/mol. The fourth-order valence-corrected chi connectivity index (χ4v) is 3.64. The second kappa shape index (κ2) is 6.46. The summed E-state index contributed by atoms with van der Waals surface area (Å²) in [5.41, 5.74) is 3.62. The summed E-state index contributed by atoms with van der Waals surface area (Å²) in [5.74, 6) is 1.72. The molecule has 118 valence electrons. The fourth-order valence-electron chi connectivity index (χ4n) is 3.38. The van der Waals surface area contributed by atoms with Crippen molar-refractivity contribution >= 4 is 27.0 Å². The van der Waals surface area contributed by atoms with Crippen molar-refractivity contribution < 1.29 is 0 Å². The standard InChI is InChI=1S/C19H20BrN3/c20-16-7-5-14(6-8-16)13-23-11-9-15(10-12-23)19-21-17-3-1-2-4-18(17)22-19/h1-8,15H,9-13H2,(H,21,22). The summed E-state index contributed by atoms with van der Waals surface area (Å²) in [5, 5.41) is 0. The van der Waals surface area contributed by atoms with E-state index < -0.39 is 0 Å². The van der Waals surface area contributed by atoms with Crippen molar-refractivity contribution in [2.24, 2.45) is 0 Å². The number of aromatic amines is 1. The van der Waals surface area contributed by atoms with Crippen molar-refractivity contribution in [1.29, 1.82) is 0 Å². The molecule has 4 heteroatoms. The minimum absolute atomic E-state index is 0.559. The number of para-hydroxylation sites is 2. The number of halogens is 1. The van der Waals surface area contributed by atoms with Gasteiger partial charge in [-0.2, -0.15) is 0 Å². The maximum Gasteiger partial charge on any atom is 0.110 e. The third-order valence-electron chi connectivity index (χ3n) is 4.70. The van der Waals surface area contributed by atoms with Gasteiger partial charge in [0.25, 0.3) is 0 Å². The number of benzene rings is 2. The van der Waals surface area contributed by atoms with E-state index in [0.29, 0.717) is 5.92 Å². The third-order valence-corrected chi connectivity index (χ3v) is 5.23. The van der Waals surface area contributed by atoms with Gasteiger partial charge < -0.3 is 4.98 Å². The maximum atomic E-state index is 4.78. The molecule has 1 aliphatic rings. The Kier molecular flexibility index (Phi) is 4.19. The highest BCUT2D eigenvalue weighted by Gasteiger charge is 2.23. The predicted octanol–water partition coefficient (Wildman–Crippen LogP) is 4.71. The van der Waals surface area contributed by atoms with E-state index in [1.54, 1.807) is 0 Å². The summed E-state index contributed by atoms with van der Waals surface area (Å²) < 4.78 is 1.14. The van der Waals surface area contributed by atoms with Gasteiger partial charge in [-0.3, -0.25) is 4.90 Å². The smallest absolute Gasteiger partial charge is 0.110 e. The lowest BCUT2D eigenvalue weighted by Crippen LogP contribution is -2.32. The number of hydrogen-bond donors (Lipinski definition) is 1. The summed E-state index contributed by atoms with van der Waals surface area (Å²) in [6.45, 7) is 3.32. The molecule has 0 unspecified atom stereocenters. The Morgan fingerprint density at radius 2 is 1.78 bits per heavy atom. The van der Waals surface area contributed by atoms with Crippen LogP contribution in [0.2, 0.25) is 0 Å². The Bertz CT molecular complexity index is 753. The molecule has 2 heterocycles. The van der Waals surface area contributed by atoms with Crippen LogP contribution in [0.1, 0.15) is 30.1 Å². The second-order valence-electron chi connectivity index (χ2n) is 6.32. The molecule has 3 nitrogen and oxygen atoms in total. The number of hydrogen-bond acceptors (Lipinski definition) is 2. The van der Waals surface area contributed by atoms with E-state index in [1.165, 1.54) is 18.4 Å². The van der Waals surface area contributed by atoms with Crippen LogP contribution in [0.4, 0.5) is 0 Å². The number of rotatable bonds is 3. The molecule has 0 spiro atoms. The van der Waals surface area contributed by atoms with E-state index in [2.05, 4.69) is 68.3 Å². The van der Waals surface area contributed by atoms with Gasteiger partial charge in [-0.15, -0.1) is 0 Å². The van der Waals surface area contributed by atoms with Crippen LogP contribution in [0.15, 0.2) is 53.0 Å². The van der Waals surface area contributed by atoms with Gasteiger partial charge in [0.1, 0.15) is 5.82 Å². The second-order valence-corrected chi connectivity index (χ2v) is 7.23. The van der Waals surface area contributed by atoms with Gasteiger partial charge in [0.2, 0.25) is 0 Å². The van der Waals surface area contributed by atoms with Crippen molar-refractivity contribution in [1.82, 2.24) is 14.9 Å². The molecule has 1 N–H and O–H groups in total. The van der Waals surface area contributed by atoms with Gasteiger partial charge >= 0.3 is 0 Å². The van der Waals surface area contributed by atoms with Crippen molar-refractivity contribution in [2.75, 3.05) is 13.1 Å². The summed E-state index contributed by atoms with van der Waals surface area (Å²) in [4.78, 5) is 10.8. The van der Waals surface area contributed by atoms with Crippen molar-refractivity contribution in [3.63, 3.8) is 0 Å². The summed E-state index contributed by atoms with van der Waals surface area (Å²) >= 11 is 3.49. The largest absolute Gasteiger partial charge is 0.342 e. The average molecular weight is 370 g/mol. The highest BCUT2D eigenvalue weighted by atomic mass is 79.9. The van der Waals surface area contributed by atoms with E-state index in [0.717, 1.165) is 41.0 Å². The van der Waals surface area contributed by atoms with Crippen LogP contribution >= 0.6 is 15.9 Å². The molecule has 0 amide bonds. The van der Waals surface area contributed by atoms with Gasteiger partial charge in [-0.1, -0.05) is 40.2 Å². The Labute approximate surface area is 144 Å². The third kappa shape index (κ3) is 3.33. The van der Waals surface area contributed by atoms with Crippen LogP contribution in [-0.4, -0.2) is 28.0 Å². The van der Waals surface area contributed by atoms with Crippen molar-refractivity contribution in [3.05, 3.63) is 64.4 Å². The molecule has 23 heavy (non-hydrogen) atoms. The lowest BCUT2D eigenvalue weighted by Gasteiger charge is -2.31. The Hall–Kier alpha value is -1.65. The molecule has 0 aliphatic carbocycles. The van der Waals surface area contributed by atoms with Crippen LogP contribution < -0.4 is 0 Å². The molecule has 1 saturated heterocycles. The summed E-state index contributed by atoms with van der Waals surface area (Å²) in [6.07, 6.45) is 2.35. The van der Waals surface area contributed by atoms with Gasteiger partial charge in [0.15, 0.2) is 0 Å². The number of piperidine rings is 1. The number of H-pyrrole nitrogens is 1. The first-order chi connectivity index (χ1) is 11.3. The van der Waals surface area contributed by atoms with Crippen LogP contribution in [-0.2, 0) is 6.54 Å². The quantitative estimate of drug-likeness (QED) is 0.725.